The average Bonchev–Trinajstić information content (AvgIpc) is 3.11. The number of piperazine rings is 1. The quantitative estimate of drug-likeness (QED) is 0.804. The maximum Gasteiger partial charge on any atom is 0.269 e. The summed E-state index contributed by atoms with van der Waals surface area (Å²) in [6.45, 7) is 4.26. The van der Waals surface area contributed by atoms with Crippen molar-refractivity contribution in [3.05, 3.63) is 39.7 Å². The molecule has 1 aliphatic heterocycles. The van der Waals surface area contributed by atoms with Gasteiger partial charge in [-0.25, -0.2) is 23.4 Å². The predicted octanol–water partition coefficient (Wildman–Crippen LogP) is 1.42. The lowest BCUT2D eigenvalue weighted by atomic mass is 10.2. The number of aromatic nitrogens is 4. The molecule has 1 aliphatic carbocycles. The molecule has 144 valence electrons. The van der Waals surface area contributed by atoms with Crippen molar-refractivity contribution in [2.24, 2.45) is 0 Å². The summed E-state index contributed by atoms with van der Waals surface area (Å²) in [5, 5.41) is 3.88. The summed E-state index contributed by atoms with van der Waals surface area (Å²) in [5.41, 5.74) is 2.62. The van der Waals surface area contributed by atoms with Crippen LogP contribution in [0.25, 0.3) is 0 Å². The molecule has 0 N–H and O–H groups in total. The van der Waals surface area contributed by atoms with Crippen molar-refractivity contribution in [3.63, 3.8) is 0 Å². The van der Waals surface area contributed by atoms with Crippen molar-refractivity contribution < 1.29 is 8.78 Å². The Morgan fingerprint density at radius 3 is 2.56 bits per heavy atom. The molecule has 2 aliphatic rings. The predicted molar refractivity (Wildman–Crippen MR) is 97.7 cm³/mol. The van der Waals surface area contributed by atoms with Gasteiger partial charge in [-0.05, 0) is 26.2 Å². The molecule has 0 atom stereocenters. The first-order chi connectivity index (χ1) is 13.0. The lowest BCUT2D eigenvalue weighted by Gasteiger charge is -2.37. The highest BCUT2D eigenvalue weighted by Gasteiger charge is 2.25. The van der Waals surface area contributed by atoms with Gasteiger partial charge in [-0.1, -0.05) is 0 Å². The van der Waals surface area contributed by atoms with E-state index in [0.29, 0.717) is 5.69 Å². The summed E-state index contributed by atoms with van der Waals surface area (Å²) >= 11 is 0. The Bertz CT molecular complexity index is 892. The molecule has 7 nitrogen and oxygen atoms in total. The van der Waals surface area contributed by atoms with Crippen LogP contribution >= 0.6 is 0 Å². The first-order valence-electron chi connectivity index (χ1n) is 9.23. The number of fused-ring (bicyclic) bond motifs is 1. The summed E-state index contributed by atoms with van der Waals surface area (Å²) in [7, 11) is 0. The summed E-state index contributed by atoms with van der Waals surface area (Å²) in [6.07, 6.45) is 2.07. The van der Waals surface area contributed by atoms with Crippen molar-refractivity contribution in [2.45, 2.75) is 39.2 Å². The Balaban J connectivity index is 1.47. The first kappa shape index (κ1) is 17.8. The average molecular weight is 376 g/mol. The van der Waals surface area contributed by atoms with E-state index in [-0.39, 0.29) is 0 Å². The van der Waals surface area contributed by atoms with Crippen LogP contribution < -0.4 is 15.4 Å². The molecule has 0 bridgehead atoms. The second-order valence-corrected chi connectivity index (χ2v) is 6.97. The number of nitrogens with zero attached hydrogens (tertiary/aromatic N) is 6. The third-order valence-electron chi connectivity index (χ3n) is 5.13. The maximum atomic E-state index is 12.5. The van der Waals surface area contributed by atoms with Gasteiger partial charge in [0.2, 0.25) is 0 Å². The van der Waals surface area contributed by atoms with E-state index in [1.807, 2.05) is 6.92 Å². The molecule has 0 radical (unpaired) electrons. The number of anilines is 2. The molecule has 1 saturated heterocycles. The minimum atomic E-state index is -2.59. The Kier molecular flexibility index (Phi) is 4.75. The molecule has 4 rings (SSSR count). The van der Waals surface area contributed by atoms with E-state index in [1.54, 1.807) is 0 Å². The first-order valence-corrected chi connectivity index (χ1v) is 9.23. The number of aryl methyl sites for hydroxylation is 2. The zero-order valence-electron chi connectivity index (χ0n) is 15.2. The Morgan fingerprint density at radius 1 is 1.11 bits per heavy atom. The van der Waals surface area contributed by atoms with Crippen molar-refractivity contribution >= 4 is 11.5 Å². The third kappa shape index (κ3) is 3.63. The van der Waals surface area contributed by atoms with E-state index in [9.17, 15) is 13.6 Å². The third-order valence-corrected chi connectivity index (χ3v) is 5.13. The van der Waals surface area contributed by atoms with Crippen LogP contribution in [0.3, 0.4) is 0 Å². The molecule has 0 aromatic carbocycles. The van der Waals surface area contributed by atoms with E-state index in [2.05, 4.69) is 24.9 Å². The van der Waals surface area contributed by atoms with Crippen LogP contribution in [-0.2, 0) is 19.4 Å². The number of rotatable bonds is 4. The van der Waals surface area contributed by atoms with Crippen LogP contribution in [0.4, 0.5) is 20.3 Å². The minimum absolute atomic E-state index is 0.500. The summed E-state index contributed by atoms with van der Waals surface area (Å²) in [5.74, 6) is 1.85. The van der Waals surface area contributed by atoms with Crippen molar-refractivity contribution in [1.82, 2.24) is 19.7 Å². The summed E-state index contributed by atoms with van der Waals surface area (Å²) < 4.78 is 25.7. The molecule has 0 unspecified atom stereocenters. The highest BCUT2D eigenvalue weighted by atomic mass is 19.3. The lowest BCUT2D eigenvalue weighted by Crippen LogP contribution is -2.47. The number of halogens is 2. The number of hydrogen-bond donors (Lipinski definition) is 0. The molecule has 0 amide bonds. The summed E-state index contributed by atoms with van der Waals surface area (Å²) in [4.78, 5) is 25.6. The Morgan fingerprint density at radius 2 is 1.85 bits per heavy atom. The van der Waals surface area contributed by atoms with Gasteiger partial charge in [0.05, 0.1) is 11.9 Å². The van der Waals surface area contributed by atoms with Gasteiger partial charge in [-0.15, -0.1) is 0 Å². The van der Waals surface area contributed by atoms with Crippen molar-refractivity contribution in [2.75, 3.05) is 36.0 Å². The van der Waals surface area contributed by atoms with Crippen LogP contribution in [0.1, 0.15) is 23.5 Å². The second kappa shape index (κ2) is 7.21. The normalized spacial score (nSPS) is 16.9. The van der Waals surface area contributed by atoms with Gasteiger partial charge < -0.3 is 9.80 Å². The highest BCUT2D eigenvalue weighted by molar-refractivity contribution is 5.53. The monoisotopic (exact) mass is 376 g/mol. The SMILES string of the molecule is Cc1nc2c(c(N3CCN(c4cnn(CC(F)F)c(=O)c4)CC3)n1)CCC2. The van der Waals surface area contributed by atoms with Crippen molar-refractivity contribution in [1.29, 1.82) is 0 Å². The standard InChI is InChI=1S/C18H22F2N6O/c1-12-22-15-4-2-3-14(15)18(23-12)25-7-5-24(6-8-25)13-9-17(27)26(21-10-13)11-16(19)20/h9-10,16H,2-8,11H2,1H3. The van der Waals surface area contributed by atoms with E-state index < -0.39 is 18.5 Å². The smallest absolute Gasteiger partial charge is 0.269 e. The Labute approximate surface area is 155 Å². The van der Waals surface area contributed by atoms with Crippen LogP contribution in [-0.4, -0.2) is 52.4 Å². The fourth-order valence-electron chi connectivity index (χ4n) is 3.84. The molecule has 3 heterocycles. The topological polar surface area (TPSA) is 67.2 Å². The minimum Gasteiger partial charge on any atom is -0.367 e. The van der Waals surface area contributed by atoms with Gasteiger partial charge in [0, 0.05) is 43.5 Å². The molecule has 9 heteroatoms. The molecular weight excluding hydrogens is 354 g/mol. The van der Waals surface area contributed by atoms with Gasteiger partial charge in [0.25, 0.3) is 12.0 Å². The number of hydrogen-bond acceptors (Lipinski definition) is 6. The molecule has 0 saturated carbocycles. The molecule has 27 heavy (non-hydrogen) atoms. The van der Waals surface area contributed by atoms with Gasteiger partial charge in [0.1, 0.15) is 18.2 Å². The highest BCUT2D eigenvalue weighted by Crippen LogP contribution is 2.29. The maximum absolute atomic E-state index is 12.5. The molecule has 2 aromatic rings. The van der Waals surface area contributed by atoms with Gasteiger partial charge in [0.15, 0.2) is 0 Å². The molecule has 2 aromatic heterocycles. The van der Waals surface area contributed by atoms with Crippen LogP contribution in [0.2, 0.25) is 0 Å². The van der Waals surface area contributed by atoms with Crippen LogP contribution in [0.5, 0.6) is 0 Å². The van der Waals surface area contributed by atoms with Gasteiger partial charge in [-0.2, -0.15) is 5.10 Å². The zero-order chi connectivity index (χ0) is 19.0. The van der Waals surface area contributed by atoms with Crippen LogP contribution in [0, 0.1) is 6.92 Å². The summed E-state index contributed by atoms with van der Waals surface area (Å²) in [6, 6.07) is 1.39. The van der Waals surface area contributed by atoms with Crippen molar-refractivity contribution in [3.8, 4) is 0 Å². The second-order valence-electron chi connectivity index (χ2n) is 6.97. The van der Waals surface area contributed by atoms with E-state index in [4.69, 9.17) is 0 Å². The van der Waals surface area contributed by atoms with E-state index in [0.717, 1.165) is 61.8 Å². The zero-order valence-corrected chi connectivity index (χ0v) is 15.2. The number of alkyl halides is 2. The largest absolute Gasteiger partial charge is 0.367 e. The lowest BCUT2D eigenvalue weighted by molar-refractivity contribution is 0.119. The fraction of sp³-hybridized carbons (Fsp3) is 0.556. The van der Waals surface area contributed by atoms with Crippen LogP contribution in [0.15, 0.2) is 17.1 Å². The van der Waals surface area contributed by atoms with Gasteiger partial charge >= 0.3 is 0 Å². The molecule has 0 spiro atoms. The van der Waals surface area contributed by atoms with E-state index in [1.165, 1.54) is 23.5 Å². The Hall–Kier alpha value is -2.58. The fourth-order valence-corrected chi connectivity index (χ4v) is 3.84. The van der Waals surface area contributed by atoms with Gasteiger partial charge in [-0.3, -0.25) is 4.79 Å². The molecule has 1 fully saturated rings. The molecular formula is C18H22F2N6O. The van der Waals surface area contributed by atoms with E-state index >= 15 is 0 Å².